The van der Waals surface area contributed by atoms with Crippen LogP contribution in [0.5, 0.6) is 0 Å². The maximum atomic E-state index is 11.7. The molecule has 4 nitrogen and oxygen atoms in total. The molecule has 14 heavy (non-hydrogen) atoms. The monoisotopic (exact) mass is 194 g/mol. The first-order chi connectivity index (χ1) is 6.75. The first kappa shape index (κ1) is 10.8. The molecule has 1 aromatic heterocycles. The van der Waals surface area contributed by atoms with E-state index in [1.165, 1.54) is 0 Å². The number of hydrogen-bond acceptors (Lipinski definition) is 4. The minimum absolute atomic E-state index is 0.0253. The van der Waals surface area contributed by atoms with E-state index in [1.54, 1.807) is 25.6 Å². The quantitative estimate of drug-likeness (QED) is 0.663. The fourth-order valence-corrected chi connectivity index (χ4v) is 1.07. The van der Waals surface area contributed by atoms with Gasteiger partial charge in [0, 0.05) is 32.0 Å². The van der Waals surface area contributed by atoms with Crippen molar-refractivity contribution in [2.75, 3.05) is 13.7 Å². The van der Waals surface area contributed by atoms with Gasteiger partial charge in [0.1, 0.15) is 0 Å². The highest BCUT2D eigenvalue weighted by Gasteiger charge is 2.16. The topological polar surface area (TPSA) is 52.1 Å². The molecule has 1 rings (SSSR count). The summed E-state index contributed by atoms with van der Waals surface area (Å²) in [6.45, 7) is 2.44. The second kappa shape index (κ2) is 5.44. The number of rotatable bonds is 5. The van der Waals surface area contributed by atoms with Crippen molar-refractivity contribution in [3.63, 3.8) is 0 Å². The largest absolute Gasteiger partial charge is 0.385 e. The molecular formula is C10H14N2O2. The van der Waals surface area contributed by atoms with Gasteiger partial charge in [-0.25, -0.2) is 9.97 Å². The standard InChI is InChI=1S/C10H14N2O2/c1-8(4-7-14-2)9(13)10-11-5-3-6-12-10/h3,5-6,8H,4,7H2,1-2H3. The van der Waals surface area contributed by atoms with Crippen molar-refractivity contribution >= 4 is 5.78 Å². The maximum absolute atomic E-state index is 11.7. The molecular weight excluding hydrogens is 180 g/mol. The number of carbonyl (C=O) groups is 1. The average molecular weight is 194 g/mol. The maximum Gasteiger partial charge on any atom is 0.202 e. The summed E-state index contributed by atoms with van der Waals surface area (Å²) in [4.78, 5) is 19.5. The number of ketones is 1. The summed E-state index contributed by atoms with van der Waals surface area (Å²) >= 11 is 0. The predicted molar refractivity (Wildman–Crippen MR) is 52.0 cm³/mol. The van der Waals surface area contributed by atoms with Gasteiger partial charge in [-0.15, -0.1) is 0 Å². The van der Waals surface area contributed by atoms with Gasteiger partial charge < -0.3 is 4.74 Å². The molecule has 0 aromatic carbocycles. The summed E-state index contributed by atoms with van der Waals surface area (Å²) in [6.07, 6.45) is 3.85. The van der Waals surface area contributed by atoms with Crippen LogP contribution in [0.4, 0.5) is 0 Å². The Morgan fingerprint density at radius 2 is 2.14 bits per heavy atom. The van der Waals surface area contributed by atoms with Crippen molar-refractivity contribution < 1.29 is 9.53 Å². The van der Waals surface area contributed by atoms with Crippen LogP contribution in [0.25, 0.3) is 0 Å². The third-order valence-electron chi connectivity index (χ3n) is 1.99. The molecule has 0 aliphatic carbocycles. The van der Waals surface area contributed by atoms with E-state index in [1.807, 2.05) is 6.92 Å². The van der Waals surface area contributed by atoms with Gasteiger partial charge in [0.05, 0.1) is 0 Å². The summed E-state index contributed by atoms with van der Waals surface area (Å²) in [5.41, 5.74) is 0. The zero-order valence-corrected chi connectivity index (χ0v) is 8.43. The van der Waals surface area contributed by atoms with E-state index in [0.717, 1.165) is 0 Å². The molecule has 1 heterocycles. The molecule has 4 heteroatoms. The predicted octanol–water partition coefficient (Wildman–Crippen LogP) is 1.33. The Morgan fingerprint density at radius 1 is 1.50 bits per heavy atom. The number of nitrogens with zero attached hydrogens (tertiary/aromatic N) is 2. The lowest BCUT2D eigenvalue weighted by Crippen LogP contribution is -2.16. The van der Waals surface area contributed by atoms with Gasteiger partial charge in [-0.05, 0) is 12.5 Å². The van der Waals surface area contributed by atoms with Crippen LogP contribution < -0.4 is 0 Å². The minimum Gasteiger partial charge on any atom is -0.385 e. The molecule has 1 atom stereocenters. The second-order valence-corrected chi connectivity index (χ2v) is 3.12. The third kappa shape index (κ3) is 2.88. The van der Waals surface area contributed by atoms with Gasteiger partial charge in [0.25, 0.3) is 0 Å². The van der Waals surface area contributed by atoms with Crippen molar-refractivity contribution in [2.24, 2.45) is 5.92 Å². The molecule has 1 unspecified atom stereocenters. The van der Waals surface area contributed by atoms with Crippen LogP contribution >= 0.6 is 0 Å². The molecule has 0 spiro atoms. The number of Topliss-reactive ketones (excluding diaryl/α,β-unsaturated/α-hetero) is 1. The van der Waals surface area contributed by atoms with Crippen LogP contribution in [0.3, 0.4) is 0 Å². The average Bonchev–Trinajstić information content (AvgIpc) is 2.26. The molecule has 0 fully saturated rings. The number of carbonyl (C=O) groups excluding carboxylic acids is 1. The van der Waals surface area contributed by atoms with Crippen molar-refractivity contribution in [1.82, 2.24) is 9.97 Å². The molecule has 1 aromatic rings. The number of methoxy groups -OCH3 is 1. The van der Waals surface area contributed by atoms with Crippen LogP contribution in [0, 0.1) is 5.92 Å². The fourth-order valence-electron chi connectivity index (χ4n) is 1.07. The third-order valence-corrected chi connectivity index (χ3v) is 1.99. The Labute approximate surface area is 83.3 Å². The van der Waals surface area contributed by atoms with Gasteiger partial charge in [0.2, 0.25) is 5.78 Å². The highest BCUT2D eigenvalue weighted by Crippen LogP contribution is 2.07. The Bertz CT molecular complexity index is 287. The summed E-state index contributed by atoms with van der Waals surface area (Å²) in [5.74, 6) is 0.177. The SMILES string of the molecule is COCCC(C)C(=O)c1ncccn1. The molecule has 0 saturated heterocycles. The number of ether oxygens (including phenoxy) is 1. The zero-order valence-electron chi connectivity index (χ0n) is 8.43. The molecule has 0 saturated carbocycles. The first-order valence-corrected chi connectivity index (χ1v) is 4.56. The molecule has 0 aliphatic rings. The van der Waals surface area contributed by atoms with Gasteiger partial charge in [-0.2, -0.15) is 0 Å². The van der Waals surface area contributed by atoms with Crippen LogP contribution in [0.2, 0.25) is 0 Å². The van der Waals surface area contributed by atoms with Gasteiger partial charge in [0.15, 0.2) is 5.82 Å². The lowest BCUT2D eigenvalue weighted by molar-refractivity contribution is 0.0883. The molecule has 0 radical (unpaired) electrons. The van der Waals surface area contributed by atoms with Crippen LogP contribution in [-0.4, -0.2) is 29.5 Å². The first-order valence-electron chi connectivity index (χ1n) is 4.56. The number of hydrogen-bond donors (Lipinski definition) is 0. The molecule has 0 bridgehead atoms. The minimum atomic E-state index is -0.0858. The lowest BCUT2D eigenvalue weighted by atomic mass is 10.0. The van der Waals surface area contributed by atoms with Crippen LogP contribution in [0.15, 0.2) is 18.5 Å². The normalized spacial score (nSPS) is 12.4. The van der Waals surface area contributed by atoms with E-state index in [2.05, 4.69) is 9.97 Å². The fraction of sp³-hybridized carbons (Fsp3) is 0.500. The van der Waals surface area contributed by atoms with Gasteiger partial charge in [-0.3, -0.25) is 4.79 Å². The highest BCUT2D eigenvalue weighted by atomic mass is 16.5. The van der Waals surface area contributed by atoms with Crippen molar-refractivity contribution in [3.05, 3.63) is 24.3 Å². The summed E-state index contributed by atoms with van der Waals surface area (Å²) in [7, 11) is 1.62. The Kier molecular flexibility index (Phi) is 4.19. The second-order valence-electron chi connectivity index (χ2n) is 3.12. The van der Waals surface area contributed by atoms with E-state index in [0.29, 0.717) is 13.0 Å². The van der Waals surface area contributed by atoms with Gasteiger partial charge >= 0.3 is 0 Å². The molecule has 0 aliphatic heterocycles. The lowest BCUT2D eigenvalue weighted by Gasteiger charge is -2.07. The smallest absolute Gasteiger partial charge is 0.202 e. The van der Waals surface area contributed by atoms with Crippen LogP contribution in [-0.2, 0) is 4.74 Å². The summed E-state index contributed by atoms with van der Waals surface area (Å²) in [5, 5.41) is 0. The highest BCUT2D eigenvalue weighted by molar-refractivity contribution is 5.94. The van der Waals surface area contributed by atoms with E-state index >= 15 is 0 Å². The van der Waals surface area contributed by atoms with Crippen LogP contribution in [0.1, 0.15) is 24.0 Å². The van der Waals surface area contributed by atoms with Gasteiger partial charge in [-0.1, -0.05) is 6.92 Å². The van der Waals surface area contributed by atoms with Crippen molar-refractivity contribution in [2.45, 2.75) is 13.3 Å². The van der Waals surface area contributed by atoms with E-state index < -0.39 is 0 Å². The van der Waals surface area contributed by atoms with E-state index in [-0.39, 0.29) is 17.5 Å². The Balaban J connectivity index is 2.57. The Morgan fingerprint density at radius 3 is 2.71 bits per heavy atom. The zero-order chi connectivity index (χ0) is 10.4. The van der Waals surface area contributed by atoms with Crippen molar-refractivity contribution in [1.29, 1.82) is 0 Å². The summed E-state index contributed by atoms with van der Waals surface area (Å²) < 4.78 is 4.91. The summed E-state index contributed by atoms with van der Waals surface area (Å²) in [6, 6.07) is 1.69. The molecule has 76 valence electrons. The molecule has 0 N–H and O–H groups in total. The number of aromatic nitrogens is 2. The Hall–Kier alpha value is -1.29. The van der Waals surface area contributed by atoms with E-state index in [4.69, 9.17) is 4.74 Å². The van der Waals surface area contributed by atoms with Crippen molar-refractivity contribution in [3.8, 4) is 0 Å². The molecule has 0 amide bonds. The van der Waals surface area contributed by atoms with E-state index in [9.17, 15) is 4.79 Å².